The molecule has 0 spiro atoms. The number of benzene rings is 1. The predicted molar refractivity (Wildman–Crippen MR) is 64.3 cm³/mol. The predicted octanol–water partition coefficient (Wildman–Crippen LogP) is 2.74. The fourth-order valence-corrected chi connectivity index (χ4v) is 1.95. The molecule has 4 heteroatoms. The van der Waals surface area contributed by atoms with Crippen LogP contribution in [-0.2, 0) is 0 Å². The largest absolute Gasteiger partial charge is 0.392 e. The molecule has 2 nitrogen and oxygen atoms in total. The highest BCUT2D eigenvalue weighted by atomic mass is 127. The van der Waals surface area contributed by atoms with Crippen molar-refractivity contribution in [1.82, 2.24) is 0 Å². The van der Waals surface area contributed by atoms with E-state index in [1.165, 1.54) is 0 Å². The van der Waals surface area contributed by atoms with E-state index in [9.17, 15) is 0 Å². The van der Waals surface area contributed by atoms with Crippen LogP contribution < -0.4 is 5.32 Å². The molecule has 0 aliphatic heterocycles. The Morgan fingerprint density at radius 2 is 2.31 bits per heavy atom. The van der Waals surface area contributed by atoms with Crippen molar-refractivity contribution in [2.24, 2.45) is 0 Å². The van der Waals surface area contributed by atoms with Gasteiger partial charge in [-0.3, -0.25) is 0 Å². The molecule has 0 aliphatic rings. The Morgan fingerprint density at radius 3 is 2.85 bits per heavy atom. The van der Waals surface area contributed by atoms with Gasteiger partial charge >= 0.3 is 0 Å². The first-order chi connectivity index (χ1) is 6.09. The molecule has 0 aromatic heterocycles. The van der Waals surface area contributed by atoms with E-state index in [1.54, 1.807) is 6.92 Å². The van der Waals surface area contributed by atoms with Gasteiger partial charge in [0.1, 0.15) is 0 Å². The molecule has 0 radical (unpaired) electrons. The molecular weight excluding hydrogens is 300 g/mol. The second-order valence-corrected chi connectivity index (χ2v) is 4.45. The van der Waals surface area contributed by atoms with E-state index in [0.717, 1.165) is 14.3 Å². The summed E-state index contributed by atoms with van der Waals surface area (Å²) in [7, 11) is 0. The number of nitrogens with one attached hydrogen (secondary N) is 1. The molecule has 0 unspecified atom stereocenters. The molecule has 1 rings (SSSR count). The van der Waals surface area contributed by atoms with Crippen molar-refractivity contribution >= 4 is 39.9 Å². The van der Waals surface area contributed by atoms with Crippen LogP contribution in [0.1, 0.15) is 6.92 Å². The van der Waals surface area contributed by atoms with Crippen molar-refractivity contribution < 1.29 is 5.11 Å². The summed E-state index contributed by atoms with van der Waals surface area (Å²) >= 11 is 8.00. The summed E-state index contributed by atoms with van der Waals surface area (Å²) in [6.45, 7) is 2.30. The minimum atomic E-state index is -0.341. The highest BCUT2D eigenvalue weighted by molar-refractivity contribution is 14.1. The van der Waals surface area contributed by atoms with Crippen molar-refractivity contribution in [2.45, 2.75) is 13.0 Å². The van der Waals surface area contributed by atoms with E-state index in [0.29, 0.717) is 6.54 Å². The van der Waals surface area contributed by atoms with Gasteiger partial charge in [-0.2, -0.15) is 0 Å². The maximum atomic E-state index is 9.07. The van der Waals surface area contributed by atoms with E-state index in [1.807, 2.05) is 18.2 Å². The summed E-state index contributed by atoms with van der Waals surface area (Å²) in [5.74, 6) is 0. The molecule has 0 saturated heterocycles. The van der Waals surface area contributed by atoms with Crippen LogP contribution in [0.4, 0.5) is 5.69 Å². The fraction of sp³-hybridized carbons (Fsp3) is 0.333. The van der Waals surface area contributed by atoms with Crippen LogP contribution in [0, 0.1) is 3.57 Å². The number of aliphatic hydroxyl groups excluding tert-OH is 1. The Labute approximate surface area is 96.4 Å². The zero-order chi connectivity index (χ0) is 9.84. The van der Waals surface area contributed by atoms with Gasteiger partial charge in [0.25, 0.3) is 0 Å². The Balaban J connectivity index is 2.67. The van der Waals surface area contributed by atoms with Crippen LogP contribution in [0.3, 0.4) is 0 Å². The molecule has 0 fully saturated rings. The van der Waals surface area contributed by atoms with Gasteiger partial charge in [0.15, 0.2) is 0 Å². The first-order valence-corrected chi connectivity index (χ1v) is 5.42. The lowest BCUT2D eigenvalue weighted by Crippen LogP contribution is -2.15. The van der Waals surface area contributed by atoms with Crippen LogP contribution in [-0.4, -0.2) is 17.8 Å². The lowest BCUT2D eigenvalue weighted by molar-refractivity contribution is 0.208. The fourth-order valence-electron chi connectivity index (χ4n) is 0.891. The monoisotopic (exact) mass is 311 g/mol. The standard InChI is InChI=1S/C9H11ClINO/c1-6(13)5-12-9-3-2-7(10)4-8(9)11/h2-4,6,12-13H,5H2,1H3/t6-/m0/s1. The number of hydrogen-bond donors (Lipinski definition) is 2. The Kier molecular flexibility index (Phi) is 4.28. The second kappa shape index (κ2) is 5.02. The van der Waals surface area contributed by atoms with E-state index in [-0.39, 0.29) is 6.10 Å². The average molecular weight is 312 g/mol. The highest BCUT2D eigenvalue weighted by Gasteiger charge is 2.01. The third-order valence-corrected chi connectivity index (χ3v) is 2.65. The molecule has 0 bridgehead atoms. The van der Waals surface area contributed by atoms with Crippen LogP contribution in [0.15, 0.2) is 18.2 Å². The van der Waals surface area contributed by atoms with Gasteiger partial charge in [0.05, 0.1) is 6.10 Å². The zero-order valence-corrected chi connectivity index (χ0v) is 10.1. The van der Waals surface area contributed by atoms with Gasteiger partial charge < -0.3 is 10.4 Å². The Morgan fingerprint density at radius 1 is 1.62 bits per heavy atom. The number of hydrogen-bond acceptors (Lipinski definition) is 2. The van der Waals surface area contributed by atoms with Crippen molar-refractivity contribution in [3.05, 3.63) is 26.8 Å². The molecule has 2 N–H and O–H groups in total. The number of halogens is 2. The number of rotatable bonds is 3. The summed E-state index contributed by atoms with van der Waals surface area (Å²) in [6, 6.07) is 5.62. The third-order valence-electron chi connectivity index (χ3n) is 1.52. The molecule has 0 amide bonds. The van der Waals surface area contributed by atoms with Gasteiger partial charge in [-0.25, -0.2) is 0 Å². The molecule has 13 heavy (non-hydrogen) atoms. The third kappa shape index (κ3) is 3.70. The lowest BCUT2D eigenvalue weighted by Gasteiger charge is -2.10. The maximum Gasteiger partial charge on any atom is 0.0684 e. The van der Waals surface area contributed by atoms with Gasteiger partial charge in [-0.05, 0) is 47.7 Å². The van der Waals surface area contributed by atoms with Gasteiger partial charge in [-0.1, -0.05) is 11.6 Å². The smallest absolute Gasteiger partial charge is 0.0684 e. The van der Waals surface area contributed by atoms with Gasteiger partial charge in [-0.15, -0.1) is 0 Å². The van der Waals surface area contributed by atoms with Crippen LogP contribution in [0.25, 0.3) is 0 Å². The first-order valence-electron chi connectivity index (χ1n) is 3.96. The minimum Gasteiger partial charge on any atom is -0.392 e. The topological polar surface area (TPSA) is 32.3 Å². The van der Waals surface area contributed by atoms with Crippen LogP contribution in [0.2, 0.25) is 5.02 Å². The molecule has 1 aromatic carbocycles. The molecule has 72 valence electrons. The van der Waals surface area contributed by atoms with Crippen molar-refractivity contribution in [1.29, 1.82) is 0 Å². The summed E-state index contributed by atoms with van der Waals surface area (Å²) < 4.78 is 1.06. The van der Waals surface area contributed by atoms with Crippen LogP contribution in [0.5, 0.6) is 0 Å². The molecule has 1 aromatic rings. The van der Waals surface area contributed by atoms with E-state index >= 15 is 0 Å². The molecular formula is C9H11ClINO. The minimum absolute atomic E-state index is 0.341. The normalized spacial score (nSPS) is 12.6. The summed E-state index contributed by atoms with van der Waals surface area (Å²) in [4.78, 5) is 0. The highest BCUT2D eigenvalue weighted by Crippen LogP contribution is 2.21. The van der Waals surface area contributed by atoms with Crippen molar-refractivity contribution in [3.8, 4) is 0 Å². The molecule has 0 heterocycles. The Hall–Kier alpha value is -0.000000000000000111. The quantitative estimate of drug-likeness (QED) is 0.841. The maximum absolute atomic E-state index is 9.07. The Bertz CT molecular complexity index is 291. The molecule has 0 saturated carbocycles. The van der Waals surface area contributed by atoms with E-state index in [4.69, 9.17) is 16.7 Å². The lowest BCUT2D eigenvalue weighted by atomic mass is 10.3. The summed E-state index contributed by atoms with van der Waals surface area (Å²) in [5, 5.41) is 12.9. The first kappa shape index (κ1) is 11.1. The summed E-state index contributed by atoms with van der Waals surface area (Å²) in [6.07, 6.45) is -0.341. The number of anilines is 1. The van der Waals surface area contributed by atoms with E-state index in [2.05, 4.69) is 27.9 Å². The summed E-state index contributed by atoms with van der Waals surface area (Å²) in [5.41, 5.74) is 1.01. The van der Waals surface area contributed by atoms with Gasteiger partial charge in [0.2, 0.25) is 0 Å². The number of aliphatic hydroxyl groups is 1. The van der Waals surface area contributed by atoms with Gasteiger partial charge in [0, 0.05) is 20.8 Å². The molecule has 1 atom stereocenters. The van der Waals surface area contributed by atoms with E-state index < -0.39 is 0 Å². The second-order valence-electron chi connectivity index (χ2n) is 2.85. The van der Waals surface area contributed by atoms with Crippen molar-refractivity contribution in [3.63, 3.8) is 0 Å². The molecule has 0 aliphatic carbocycles. The van der Waals surface area contributed by atoms with Crippen LogP contribution >= 0.6 is 34.2 Å². The van der Waals surface area contributed by atoms with Crippen molar-refractivity contribution in [2.75, 3.05) is 11.9 Å². The zero-order valence-electron chi connectivity index (χ0n) is 7.22. The SMILES string of the molecule is C[C@H](O)CNc1ccc(Cl)cc1I. The average Bonchev–Trinajstić information content (AvgIpc) is 2.02.